The van der Waals surface area contributed by atoms with Gasteiger partial charge in [-0.25, -0.2) is 4.79 Å². The van der Waals surface area contributed by atoms with E-state index in [2.05, 4.69) is 6.58 Å². The van der Waals surface area contributed by atoms with E-state index in [0.29, 0.717) is 12.0 Å². The van der Waals surface area contributed by atoms with E-state index in [0.717, 1.165) is 10.5 Å². The number of rotatable bonds is 6. The fraction of sp³-hybridized carbons (Fsp3) is 0.167. The fourth-order valence-electron chi connectivity index (χ4n) is 1.78. The highest BCUT2D eigenvalue weighted by molar-refractivity contribution is 7.99. The van der Waals surface area contributed by atoms with Crippen LogP contribution in [-0.2, 0) is 16.0 Å². The zero-order valence-corrected chi connectivity index (χ0v) is 12.8. The minimum absolute atomic E-state index is 0.265. The van der Waals surface area contributed by atoms with E-state index in [1.165, 1.54) is 0 Å². The van der Waals surface area contributed by atoms with Gasteiger partial charge in [0.1, 0.15) is 0 Å². The van der Waals surface area contributed by atoms with Crippen molar-refractivity contribution in [1.82, 2.24) is 0 Å². The maximum atomic E-state index is 11.8. The molecule has 0 saturated heterocycles. The third-order valence-corrected chi connectivity index (χ3v) is 3.91. The summed E-state index contributed by atoms with van der Waals surface area (Å²) in [7, 11) is 0. The van der Waals surface area contributed by atoms with Crippen LogP contribution >= 0.6 is 11.8 Å². The SMILES string of the molecule is C=C(C)C(=O)OC(Cc1ccccc1)Sc1ccccc1. The van der Waals surface area contributed by atoms with Crippen LogP contribution in [0.3, 0.4) is 0 Å². The number of hydrogen-bond acceptors (Lipinski definition) is 3. The summed E-state index contributed by atoms with van der Waals surface area (Å²) in [5.41, 5.74) is 1.29. The lowest BCUT2D eigenvalue weighted by atomic mass is 10.2. The van der Waals surface area contributed by atoms with Gasteiger partial charge in [-0.1, -0.05) is 66.9 Å². The molecule has 2 aromatic carbocycles. The summed E-state index contributed by atoms with van der Waals surface area (Å²) in [6.07, 6.45) is 0.666. The maximum Gasteiger partial charge on any atom is 0.334 e. The Bertz CT molecular complexity index is 552. The molecular weight excluding hydrogens is 280 g/mol. The van der Waals surface area contributed by atoms with Crippen molar-refractivity contribution in [3.63, 3.8) is 0 Å². The molecule has 2 rings (SSSR count). The Balaban J connectivity index is 2.10. The average Bonchev–Trinajstić information content (AvgIpc) is 2.49. The van der Waals surface area contributed by atoms with Crippen LogP contribution in [-0.4, -0.2) is 11.4 Å². The molecular formula is C18H18O2S. The summed E-state index contributed by atoms with van der Waals surface area (Å²) in [5.74, 6) is -0.348. The van der Waals surface area contributed by atoms with Gasteiger partial charge in [0.2, 0.25) is 0 Å². The van der Waals surface area contributed by atoms with Crippen molar-refractivity contribution < 1.29 is 9.53 Å². The van der Waals surface area contributed by atoms with Gasteiger partial charge in [-0.2, -0.15) is 0 Å². The number of hydrogen-bond donors (Lipinski definition) is 0. The van der Waals surface area contributed by atoms with Crippen LogP contribution in [0.1, 0.15) is 12.5 Å². The molecule has 0 aliphatic carbocycles. The molecule has 1 unspecified atom stereocenters. The zero-order chi connectivity index (χ0) is 15.1. The van der Waals surface area contributed by atoms with Crippen molar-refractivity contribution in [3.8, 4) is 0 Å². The number of esters is 1. The van der Waals surface area contributed by atoms with Crippen LogP contribution in [0.15, 0.2) is 77.7 Å². The molecule has 0 aliphatic rings. The van der Waals surface area contributed by atoms with Crippen LogP contribution in [0.4, 0.5) is 0 Å². The van der Waals surface area contributed by atoms with Crippen molar-refractivity contribution in [3.05, 3.63) is 78.4 Å². The predicted octanol–water partition coefficient (Wildman–Crippen LogP) is 4.47. The molecule has 108 valence electrons. The van der Waals surface area contributed by atoms with E-state index in [1.807, 2.05) is 60.7 Å². The first-order valence-electron chi connectivity index (χ1n) is 6.77. The van der Waals surface area contributed by atoms with Gasteiger partial charge in [-0.3, -0.25) is 0 Å². The molecule has 1 atom stereocenters. The Morgan fingerprint density at radius 2 is 1.67 bits per heavy atom. The molecule has 0 heterocycles. The van der Waals surface area contributed by atoms with Crippen LogP contribution in [0.25, 0.3) is 0 Å². The van der Waals surface area contributed by atoms with Gasteiger partial charge >= 0.3 is 5.97 Å². The van der Waals surface area contributed by atoms with E-state index >= 15 is 0 Å². The second kappa shape index (κ2) is 7.70. The lowest BCUT2D eigenvalue weighted by Gasteiger charge is -2.17. The summed E-state index contributed by atoms with van der Waals surface area (Å²) < 4.78 is 5.54. The molecule has 0 spiro atoms. The zero-order valence-electron chi connectivity index (χ0n) is 12.0. The number of benzene rings is 2. The molecule has 0 aliphatic heterocycles. The Morgan fingerprint density at radius 3 is 2.24 bits per heavy atom. The first-order valence-corrected chi connectivity index (χ1v) is 7.65. The minimum Gasteiger partial charge on any atom is -0.447 e. The highest BCUT2D eigenvalue weighted by atomic mass is 32.2. The van der Waals surface area contributed by atoms with Gasteiger partial charge in [-0.05, 0) is 24.6 Å². The molecule has 3 heteroatoms. The first-order chi connectivity index (χ1) is 10.1. The number of carbonyl (C=O) groups excluding carboxylic acids is 1. The summed E-state index contributed by atoms with van der Waals surface area (Å²) in [6.45, 7) is 5.30. The van der Waals surface area contributed by atoms with Crippen LogP contribution in [0, 0.1) is 0 Å². The summed E-state index contributed by atoms with van der Waals surface area (Å²) in [6, 6.07) is 20.0. The van der Waals surface area contributed by atoms with Crippen molar-refractivity contribution >= 4 is 17.7 Å². The average molecular weight is 298 g/mol. The monoisotopic (exact) mass is 298 g/mol. The first kappa shape index (κ1) is 15.4. The second-order valence-electron chi connectivity index (χ2n) is 4.74. The van der Waals surface area contributed by atoms with Crippen molar-refractivity contribution in [2.75, 3.05) is 0 Å². The summed E-state index contributed by atoms with van der Waals surface area (Å²) in [5, 5.41) is 0. The highest BCUT2D eigenvalue weighted by Gasteiger charge is 2.17. The van der Waals surface area contributed by atoms with Crippen LogP contribution in [0.5, 0.6) is 0 Å². The molecule has 21 heavy (non-hydrogen) atoms. The largest absolute Gasteiger partial charge is 0.447 e. The van der Waals surface area contributed by atoms with E-state index in [-0.39, 0.29) is 11.4 Å². The molecule has 0 N–H and O–H groups in total. The van der Waals surface area contributed by atoms with Gasteiger partial charge in [-0.15, -0.1) is 0 Å². The number of ether oxygens (including phenoxy) is 1. The van der Waals surface area contributed by atoms with Gasteiger partial charge in [0.15, 0.2) is 5.44 Å². The Hall–Kier alpha value is -2.00. The molecule has 2 nitrogen and oxygen atoms in total. The number of carbonyl (C=O) groups is 1. The molecule has 0 saturated carbocycles. The highest BCUT2D eigenvalue weighted by Crippen LogP contribution is 2.27. The Labute approximate surface area is 129 Å². The standard InChI is InChI=1S/C18H18O2S/c1-14(2)18(19)20-17(13-15-9-5-3-6-10-15)21-16-11-7-4-8-12-16/h3-12,17H,1,13H2,2H3. The van der Waals surface area contributed by atoms with E-state index in [9.17, 15) is 4.79 Å². The van der Waals surface area contributed by atoms with Crippen LogP contribution in [0.2, 0.25) is 0 Å². The molecule has 0 radical (unpaired) electrons. The summed E-state index contributed by atoms with van der Waals surface area (Å²) >= 11 is 1.55. The molecule has 0 aromatic heterocycles. The summed E-state index contributed by atoms with van der Waals surface area (Å²) in [4.78, 5) is 12.9. The third kappa shape index (κ3) is 5.12. The lowest BCUT2D eigenvalue weighted by molar-refractivity contribution is -0.140. The smallest absolute Gasteiger partial charge is 0.334 e. The molecule has 0 fully saturated rings. The lowest BCUT2D eigenvalue weighted by Crippen LogP contribution is -2.17. The number of thioether (sulfide) groups is 1. The Kier molecular flexibility index (Phi) is 5.64. The fourth-order valence-corrected chi connectivity index (χ4v) is 2.81. The van der Waals surface area contributed by atoms with Gasteiger partial charge < -0.3 is 4.74 Å². The van der Waals surface area contributed by atoms with Crippen LogP contribution < -0.4 is 0 Å². The normalized spacial score (nSPS) is 11.7. The Morgan fingerprint density at radius 1 is 1.10 bits per heavy atom. The van der Waals surface area contributed by atoms with Crippen molar-refractivity contribution in [2.45, 2.75) is 23.7 Å². The molecule has 0 bridgehead atoms. The van der Waals surface area contributed by atoms with Gasteiger partial charge in [0.25, 0.3) is 0 Å². The minimum atomic E-state index is -0.348. The van der Waals surface area contributed by atoms with Crippen molar-refractivity contribution in [2.24, 2.45) is 0 Å². The third-order valence-electron chi connectivity index (χ3n) is 2.84. The van der Waals surface area contributed by atoms with E-state index < -0.39 is 0 Å². The van der Waals surface area contributed by atoms with E-state index in [4.69, 9.17) is 4.74 Å². The van der Waals surface area contributed by atoms with Gasteiger partial charge in [0.05, 0.1) is 0 Å². The topological polar surface area (TPSA) is 26.3 Å². The second-order valence-corrected chi connectivity index (χ2v) is 5.97. The quantitative estimate of drug-likeness (QED) is 0.341. The van der Waals surface area contributed by atoms with E-state index in [1.54, 1.807) is 18.7 Å². The maximum absolute atomic E-state index is 11.8. The van der Waals surface area contributed by atoms with Crippen molar-refractivity contribution in [1.29, 1.82) is 0 Å². The predicted molar refractivity (Wildman–Crippen MR) is 87.1 cm³/mol. The molecule has 0 amide bonds. The molecule has 2 aromatic rings. The van der Waals surface area contributed by atoms with Gasteiger partial charge in [0, 0.05) is 16.9 Å².